The third kappa shape index (κ3) is 6.07. The van der Waals surface area contributed by atoms with E-state index in [9.17, 15) is 24.3 Å². The number of aromatic nitrogens is 4. The highest BCUT2D eigenvalue weighted by Crippen LogP contribution is 2.16. The Hall–Kier alpha value is -4.55. The van der Waals surface area contributed by atoms with Crippen molar-refractivity contribution in [3.8, 4) is 0 Å². The van der Waals surface area contributed by atoms with Gasteiger partial charge < -0.3 is 26.0 Å². The van der Waals surface area contributed by atoms with Gasteiger partial charge in [-0.3, -0.25) is 19.4 Å². The lowest BCUT2D eigenvalue weighted by Gasteiger charge is -2.25. The molecule has 0 aliphatic heterocycles. The number of benzene rings is 1. The van der Waals surface area contributed by atoms with Gasteiger partial charge in [0.05, 0.1) is 18.4 Å². The van der Waals surface area contributed by atoms with E-state index in [1.165, 1.54) is 18.1 Å². The molecule has 5 N–H and O–H groups in total. The Morgan fingerprint density at radius 3 is 2.46 bits per heavy atom. The number of carboxylic acids is 1. The van der Waals surface area contributed by atoms with Crippen molar-refractivity contribution in [3.05, 3.63) is 52.1 Å². The van der Waals surface area contributed by atoms with E-state index >= 15 is 0 Å². The van der Waals surface area contributed by atoms with E-state index in [2.05, 4.69) is 25.3 Å². The zero-order valence-electron chi connectivity index (χ0n) is 19.5. The Labute approximate surface area is 200 Å². The quantitative estimate of drug-likeness (QED) is 0.330. The molecule has 13 nitrogen and oxygen atoms in total. The van der Waals surface area contributed by atoms with Crippen LogP contribution in [-0.2, 0) is 16.1 Å². The van der Waals surface area contributed by atoms with Crippen LogP contribution in [0.3, 0.4) is 0 Å². The molecule has 13 heteroatoms. The molecule has 35 heavy (non-hydrogen) atoms. The van der Waals surface area contributed by atoms with Crippen LogP contribution in [0.1, 0.15) is 28.9 Å². The number of hydrogen-bond acceptors (Lipinski definition) is 9. The predicted octanol–water partition coefficient (Wildman–Crippen LogP) is 0.301. The van der Waals surface area contributed by atoms with E-state index in [1.54, 1.807) is 38.4 Å². The van der Waals surface area contributed by atoms with Crippen LogP contribution in [0.2, 0.25) is 0 Å². The molecule has 0 radical (unpaired) electrons. The fourth-order valence-corrected chi connectivity index (χ4v) is 3.29. The smallest absolute Gasteiger partial charge is 0.326 e. The number of carbonyl (C=O) groups is 3. The van der Waals surface area contributed by atoms with Gasteiger partial charge >= 0.3 is 5.97 Å². The third-order valence-electron chi connectivity index (χ3n) is 5.29. The van der Waals surface area contributed by atoms with E-state index in [0.29, 0.717) is 16.9 Å². The highest BCUT2D eigenvalue weighted by Gasteiger charge is 2.28. The minimum absolute atomic E-state index is 0.00592. The Kier molecular flexibility index (Phi) is 7.59. The summed E-state index contributed by atoms with van der Waals surface area (Å²) in [5.74, 6) is -1.92. The van der Waals surface area contributed by atoms with Crippen molar-refractivity contribution in [2.24, 2.45) is 0 Å². The lowest BCUT2D eigenvalue weighted by Crippen LogP contribution is -2.43. The topological polar surface area (TPSA) is 188 Å². The first kappa shape index (κ1) is 25.1. The fraction of sp³-hybridized carbons (Fsp3) is 0.318. The first-order valence-corrected chi connectivity index (χ1v) is 10.6. The highest BCUT2D eigenvalue weighted by atomic mass is 16.4. The molecule has 0 aliphatic rings. The second-order valence-electron chi connectivity index (χ2n) is 8.01. The van der Waals surface area contributed by atoms with Gasteiger partial charge in [-0.1, -0.05) is 0 Å². The molecule has 0 saturated heterocycles. The maximum absolute atomic E-state index is 12.8. The average Bonchev–Trinajstić information content (AvgIpc) is 2.82. The highest BCUT2D eigenvalue weighted by molar-refractivity contribution is 5.96. The standard InChI is InChI=1S/C22H26N8O5/c1-29(2)16(31)9-8-15(21(34)35)30(3)20(33)12-4-6-13(7-5-12)24-10-14-11-25-18-17(26-14)19(32)28-22(23)27-18/h4-7,11,15,24H,8-10H2,1-3H3,(H,34,35)(H3,23,25,27,28,32)/t15-/m0/s1. The van der Waals surface area contributed by atoms with Gasteiger partial charge in [0.25, 0.3) is 11.5 Å². The largest absolute Gasteiger partial charge is 0.480 e. The molecule has 0 spiro atoms. The second-order valence-corrected chi connectivity index (χ2v) is 8.01. The number of amides is 2. The Morgan fingerprint density at radius 2 is 1.83 bits per heavy atom. The van der Waals surface area contributed by atoms with Crippen molar-refractivity contribution in [2.75, 3.05) is 32.2 Å². The van der Waals surface area contributed by atoms with Crippen LogP contribution in [-0.4, -0.2) is 79.8 Å². The summed E-state index contributed by atoms with van der Waals surface area (Å²) < 4.78 is 0. The number of H-pyrrole nitrogens is 1. The van der Waals surface area contributed by atoms with Crippen LogP contribution < -0.4 is 16.6 Å². The maximum atomic E-state index is 12.8. The summed E-state index contributed by atoms with van der Waals surface area (Å²) >= 11 is 0. The maximum Gasteiger partial charge on any atom is 0.326 e. The molecule has 3 rings (SSSR count). The van der Waals surface area contributed by atoms with Gasteiger partial charge in [0.1, 0.15) is 6.04 Å². The summed E-state index contributed by atoms with van der Waals surface area (Å²) in [4.78, 5) is 65.4. The number of hydrogen-bond donors (Lipinski definition) is 4. The number of nitrogens with two attached hydrogens (primary N) is 1. The number of nitrogens with zero attached hydrogens (tertiary/aromatic N) is 5. The first-order chi connectivity index (χ1) is 16.6. The Bertz CT molecular complexity index is 1310. The number of anilines is 2. The molecule has 3 aromatic rings. The minimum atomic E-state index is -1.18. The summed E-state index contributed by atoms with van der Waals surface area (Å²) in [6.45, 7) is 0.251. The molecule has 0 fully saturated rings. The van der Waals surface area contributed by atoms with Crippen LogP contribution in [0.25, 0.3) is 11.2 Å². The van der Waals surface area contributed by atoms with Crippen molar-refractivity contribution < 1.29 is 19.5 Å². The van der Waals surface area contributed by atoms with Gasteiger partial charge in [0, 0.05) is 38.8 Å². The monoisotopic (exact) mass is 482 g/mol. The minimum Gasteiger partial charge on any atom is -0.480 e. The number of aliphatic carboxylic acids is 1. The van der Waals surface area contributed by atoms with E-state index < -0.39 is 23.5 Å². The molecule has 0 aliphatic carbocycles. The first-order valence-electron chi connectivity index (χ1n) is 10.6. The Balaban J connectivity index is 1.65. The van der Waals surface area contributed by atoms with Crippen molar-refractivity contribution in [3.63, 3.8) is 0 Å². The van der Waals surface area contributed by atoms with Gasteiger partial charge in [0.2, 0.25) is 11.9 Å². The van der Waals surface area contributed by atoms with E-state index in [0.717, 1.165) is 4.90 Å². The van der Waals surface area contributed by atoms with Gasteiger partial charge in [0.15, 0.2) is 11.2 Å². The molecule has 2 aromatic heterocycles. The van der Waals surface area contributed by atoms with Crippen molar-refractivity contribution in [1.82, 2.24) is 29.7 Å². The van der Waals surface area contributed by atoms with Crippen LogP contribution in [0.5, 0.6) is 0 Å². The lowest BCUT2D eigenvalue weighted by atomic mass is 10.1. The third-order valence-corrected chi connectivity index (χ3v) is 5.29. The second kappa shape index (κ2) is 10.6. The number of nitrogen functional groups attached to an aromatic ring is 1. The zero-order chi connectivity index (χ0) is 25.7. The van der Waals surface area contributed by atoms with E-state index in [1.807, 2.05) is 0 Å². The van der Waals surface area contributed by atoms with Crippen LogP contribution in [0.4, 0.5) is 11.6 Å². The molecule has 0 unspecified atom stereocenters. The number of fused-ring (bicyclic) bond motifs is 1. The van der Waals surface area contributed by atoms with Crippen molar-refractivity contribution in [1.29, 1.82) is 0 Å². The predicted molar refractivity (Wildman–Crippen MR) is 128 cm³/mol. The Morgan fingerprint density at radius 1 is 1.14 bits per heavy atom. The summed E-state index contributed by atoms with van der Waals surface area (Å²) in [6, 6.07) is 5.32. The number of carboxylic acid groups (broad SMARTS) is 1. The normalized spacial score (nSPS) is 11.6. The SMILES string of the molecule is CN(C)C(=O)CC[C@@H](C(=O)O)N(C)C(=O)c1ccc(NCc2cnc3nc(N)[nH]c(=O)c3n2)cc1. The molecule has 1 aromatic carbocycles. The molecule has 2 amide bonds. The summed E-state index contributed by atoms with van der Waals surface area (Å²) in [7, 11) is 4.57. The van der Waals surface area contributed by atoms with Gasteiger partial charge in [-0.15, -0.1) is 0 Å². The molecule has 0 saturated carbocycles. The fourth-order valence-electron chi connectivity index (χ4n) is 3.29. The van der Waals surface area contributed by atoms with Crippen LogP contribution >= 0.6 is 0 Å². The van der Waals surface area contributed by atoms with Gasteiger partial charge in [-0.25, -0.2) is 14.8 Å². The molecule has 1 atom stereocenters. The lowest BCUT2D eigenvalue weighted by molar-refractivity contribution is -0.142. The average molecular weight is 483 g/mol. The number of likely N-dealkylation sites (N-methyl/N-ethyl adjacent to an activating group) is 1. The van der Waals surface area contributed by atoms with Crippen LogP contribution in [0.15, 0.2) is 35.3 Å². The number of nitrogens with one attached hydrogen (secondary N) is 2. The van der Waals surface area contributed by atoms with Gasteiger partial charge in [-0.05, 0) is 30.7 Å². The summed E-state index contributed by atoms with van der Waals surface area (Å²) in [5, 5.41) is 12.7. The molecule has 184 valence electrons. The molecular weight excluding hydrogens is 456 g/mol. The van der Waals surface area contributed by atoms with E-state index in [4.69, 9.17) is 5.73 Å². The van der Waals surface area contributed by atoms with Crippen molar-refractivity contribution in [2.45, 2.75) is 25.4 Å². The van der Waals surface area contributed by atoms with E-state index in [-0.39, 0.29) is 42.4 Å². The number of rotatable bonds is 9. The zero-order valence-corrected chi connectivity index (χ0v) is 19.5. The van der Waals surface area contributed by atoms with Crippen LogP contribution in [0, 0.1) is 0 Å². The molecular formula is C22H26N8O5. The molecule has 0 bridgehead atoms. The number of carbonyl (C=O) groups excluding carboxylic acids is 2. The summed E-state index contributed by atoms with van der Waals surface area (Å²) in [5.41, 5.74) is 6.69. The van der Waals surface area contributed by atoms with Crippen molar-refractivity contribution >= 4 is 40.6 Å². The molecule has 2 heterocycles. The van der Waals surface area contributed by atoms with Gasteiger partial charge in [-0.2, -0.15) is 4.98 Å². The summed E-state index contributed by atoms with van der Waals surface area (Å²) in [6.07, 6.45) is 1.49. The number of aromatic amines is 1.